The van der Waals surface area contributed by atoms with Crippen LogP contribution in [-0.4, -0.2) is 39.5 Å². The van der Waals surface area contributed by atoms with Gasteiger partial charge in [-0.1, -0.05) is 18.5 Å². The number of rotatable bonds is 4. The molecular weight excluding hydrogens is 286 g/mol. The predicted molar refractivity (Wildman–Crippen MR) is 75.3 cm³/mol. The first-order valence-electron chi connectivity index (χ1n) is 6.36. The Morgan fingerprint density at radius 3 is 2.68 bits per heavy atom. The van der Waals surface area contributed by atoms with Crippen molar-refractivity contribution in [2.45, 2.75) is 29.5 Å². The van der Waals surface area contributed by atoms with Crippen LogP contribution in [0.1, 0.15) is 13.3 Å². The van der Waals surface area contributed by atoms with Crippen LogP contribution in [0.4, 0.5) is 0 Å². The van der Waals surface area contributed by atoms with Crippen LogP contribution in [0, 0.1) is 0 Å². The standard InChI is InChI=1S/C13H18ClNO3S/c1-2-15-12-7-8-18-9-13(12)19(16,17)11-5-3-10(14)4-6-11/h3-6,12-13,15H,2,7-9H2,1H3. The molecule has 0 radical (unpaired) electrons. The minimum atomic E-state index is -3.40. The average molecular weight is 304 g/mol. The van der Waals surface area contributed by atoms with Gasteiger partial charge in [-0.25, -0.2) is 8.42 Å². The second-order valence-electron chi connectivity index (χ2n) is 4.57. The Morgan fingerprint density at radius 1 is 1.37 bits per heavy atom. The number of sulfone groups is 1. The van der Waals surface area contributed by atoms with Crippen LogP contribution in [0.2, 0.25) is 5.02 Å². The van der Waals surface area contributed by atoms with E-state index in [0.29, 0.717) is 22.9 Å². The molecule has 0 saturated carbocycles. The lowest BCUT2D eigenvalue weighted by molar-refractivity contribution is 0.0812. The van der Waals surface area contributed by atoms with Crippen LogP contribution in [-0.2, 0) is 14.6 Å². The van der Waals surface area contributed by atoms with Crippen molar-refractivity contribution in [3.8, 4) is 0 Å². The molecule has 1 N–H and O–H groups in total. The summed E-state index contributed by atoms with van der Waals surface area (Å²) in [6, 6.07) is 6.24. The van der Waals surface area contributed by atoms with Crippen molar-refractivity contribution in [2.75, 3.05) is 19.8 Å². The molecular formula is C13H18ClNO3S. The summed E-state index contributed by atoms with van der Waals surface area (Å²) < 4.78 is 30.6. The third-order valence-electron chi connectivity index (χ3n) is 3.31. The minimum Gasteiger partial charge on any atom is -0.380 e. The van der Waals surface area contributed by atoms with Gasteiger partial charge in [0.25, 0.3) is 0 Å². The average Bonchev–Trinajstić information content (AvgIpc) is 2.40. The maximum Gasteiger partial charge on any atom is 0.185 e. The molecule has 2 rings (SSSR count). The topological polar surface area (TPSA) is 55.4 Å². The van der Waals surface area contributed by atoms with E-state index < -0.39 is 15.1 Å². The highest BCUT2D eigenvalue weighted by Crippen LogP contribution is 2.24. The van der Waals surface area contributed by atoms with E-state index >= 15 is 0 Å². The molecule has 1 saturated heterocycles. The zero-order chi connectivity index (χ0) is 13.9. The maximum absolute atomic E-state index is 12.6. The van der Waals surface area contributed by atoms with E-state index in [1.165, 1.54) is 0 Å². The summed E-state index contributed by atoms with van der Waals surface area (Å²) in [6.45, 7) is 3.56. The Bertz CT molecular complexity index is 513. The van der Waals surface area contributed by atoms with E-state index in [4.69, 9.17) is 16.3 Å². The number of halogens is 1. The zero-order valence-corrected chi connectivity index (χ0v) is 12.4. The minimum absolute atomic E-state index is 0.0561. The van der Waals surface area contributed by atoms with Crippen molar-refractivity contribution in [2.24, 2.45) is 0 Å². The van der Waals surface area contributed by atoms with E-state index in [1.807, 2.05) is 6.92 Å². The van der Waals surface area contributed by atoms with Crippen LogP contribution in [0.3, 0.4) is 0 Å². The number of hydrogen-bond donors (Lipinski definition) is 1. The molecule has 19 heavy (non-hydrogen) atoms. The number of nitrogens with one attached hydrogen (secondary N) is 1. The number of ether oxygens (including phenoxy) is 1. The Hall–Kier alpha value is -0.620. The molecule has 0 bridgehead atoms. The Labute approximate surface area is 119 Å². The van der Waals surface area contributed by atoms with Gasteiger partial charge >= 0.3 is 0 Å². The van der Waals surface area contributed by atoms with Gasteiger partial charge in [-0.2, -0.15) is 0 Å². The summed E-state index contributed by atoms with van der Waals surface area (Å²) in [6.07, 6.45) is 0.714. The first kappa shape index (κ1) is 14.8. The summed E-state index contributed by atoms with van der Waals surface area (Å²) in [5.41, 5.74) is 0. The van der Waals surface area contributed by atoms with Crippen molar-refractivity contribution >= 4 is 21.4 Å². The summed E-state index contributed by atoms with van der Waals surface area (Å²) in [5, 5.41) is 3.23. The van der Waals surface area contributed by atoms with Crippen LogP contribution in [0.5, 0.6) is 0 Å². The molecule has 1 aliphatic rings. The normalized spacial score (nSPS) is 24.3. The molecule has 0 aliphatic carbocycles. The molecule has 4 nitrogen and oxygen atoms in total. The highest BCUT2D eigenvalue weighted by molar-refractivity contribution is 7.92. The molecule has 0 amide bonds. The van der Waals surface area contributed by atoms with E-state index in [2.05, 4.69) is 5.32 Å². The van der Waals surface area contributed by atoms with Crippen LogP contribution in [0.25, 0.3) is 0 Å². The lowest BCUT2D eigenvalue weighted by Crippen LogP contribution is -2.50. The molecule has 6 heteroatoms. The molecule has 1 aromatic carbocycles. The first-order valence-corrected chi connectivity index (χ1v) is 8.28. The second-order valence-corrected chi connectivity index (χ2v) is 7.17. The number of benzene rings is 1. The molecule has 2 atom stereocenters. The van der Waals surface area contributed by atoms with Gasteiger partial charge in [-0.3, -0.25) is 0 Å². The van der Waals surface area contributed by atoms with Crippen LogP contribution in [0.15, 0.2) is 29.2 Å². The smallest absolute Gasteiger partial charge is 0.185 e. The Morgan fingerprint density at radius 2 is 2.05 bits per heavy atom. The quantitative estimate of drug-likeness (QED) is 0.923. The number of hydrogen-bond acceptors (Lipinski definition) is 4. The molecule has 1 aliphatic heterocycles. The summed E-state index contributed by atoms with van der Waals surface area (Å²) in [5.74, 6) is 0. The molecule has 0 aromatic heterocycles. The molecule has 1 aromatic rings. The summed E-state index contributed by atoms with van der Waals surface area (Å²) in [7, 11) is -3.40. The first-order chi connectivity index (χ1) is 9.05. The fourth-order valence-electron chi connectivity index (χ4n) is 2.31. The molecule has 2 unspecified atom stereocenters. The van der Waals surface area contributed by atoms with Gasteiger partial charge in [-0.15, -0.1) is 0 Å². The Kier molecular flexibility index (Phi) is 4.84. The van der Waals surface area contributed by atoms with Crippen LogP contribution >= 0.6 is 11.6 Å². The fraction of sp³-hybridized carbons (Fsp3) is 0.538. The maximum atomic E-state index is 12.6. The van der Waals surface area contributed by atoms with E-state index in [0.717, 1.165) is 6.54 Å². The molecule has 0 spiro atoms. The van der Waals surface area contributed by atoms with Gasteiger partial charge in [0.15, 0.2) is 9.84 Å². The third-order valence-corrected chi connectivity index (χ3v) is 5.75. The highest BCUT2D eigenvalue weighted by Gasteiger charge is 2.36. The van der Waals surface area contributed by atoms with Crippen molar-refractivity contribution in [3.05, 3.63) is 29.3 Å². The molecule has 106 valence electrons. The third kappa shape index (κ3) is 3.28. The van der Waals surface area contributed by atoms with E-state index in [9.17, 15) is 8.42 Å². The van der Waals surface area contributed by atoms with Gasteiger partial charge in [0.05, 0.1) is 11.5 Å². The SMILES string of the molecule is CCNC1CCOCC1S(=O)(=O)c1ccc(Cl)cc1. The van der Waals surface area contributed by atoms with E-state index in [-0.39, 0.29) is 12.6 Å². The van der Waals surface area contributed by atoms with Crippen molar-refractivity contribution in [1.29, 1.82) is 0 Å². The second kappa shape index (κ2) is 6.22. The monoisotopic (exact) mass is 303 g/mol. The largest absolute Gasteiger partial charge is 0.380 e. The van der Waals surface area contributed by atoms with Crippen LogP contribution < -0.4 is 5.32 Å². The van der Waals surface area contributed by atoms with Gasteiger partial charge in [-0.05, 0) is 37.2 Å². The van der Waals surface area contributed by atoms with Crippen molar-refractivity contribution in [1.82, 2.24) is 5.32 Å². The zero-order valence-electron chi connectivity index (χ0n) is 10.8. The lowest BCUT2D eigenvalue weighted by Gasteiger charge is -2.31. The van der Waals surface area contributed by atoms with Gasteiger partial charge in [0.1, 0.15) is 5.25 Å². The summed E-state index contributed by atoms with van der Waals surface area (Å²) in [4.78, 5) is 0.301. The lowest BCUT2D eigenvalue weighted by atomic mass is 10.1. The highest BCUT2D eigenvalue weighted by atomic mass is 35.5. The van der Waals surface area contributed by atoms with Gasteiger partial charge < -0.3 is 10.1 Å². The molecule has 1 heterocycles. The van der Waals surface area contributed by atoms with E-state index in [1.54, 1.807) is 24.3 Å². The molecule has 1 fully saturated rings. The van der Waals surface area contributed by atoms with Crippen molar-refractivity contribution < 1.29 is 13.2 Å². The predicted octanol–water partition coefficient (Wildman–Crippen LogP) is 1.88. The fourth-order valence-corrected chi connectivity index (χ4v) is 4.24. The summed E-state index contributed by atoms with van der Waals surface area (Å²) >= 11 is 5.79. The Balaban J connectivity index is 2.28. The van der Waals surface area contributed by atoms with Crippen molar-refractivity contribution in [3.63, 3.8) is 0 Å². The van der Waals surface area contributed by atoms with Gasteiger partial charge in [0, 0.05) is 17.7 Å². The van der Waals surface area contributed by atoms with Gasteiger partial charge in [0.2, 0.25) is 0 Å².